The molecule has 0 aliphatic heterocycles. The molecule has 0 aromatic carbocycles. The van der Waals surface area contributed by atoms with Crippen LogP contribution >= 0.6 is 11.6 Å². The summed E-state index contributed by atoms with van der Waals surface area (Å²) in [7, 11) is 0. The first-order chi connectivity index (χ1) is 10.7. The maximum Gasteiger partial charge on any atom is 0.242 e. The predicted molar refractivity (Wildman–Crippen MR) is 86.5 cm³/mol. The molecular weight excluding hydrogens is 302 g/mol. The van der Waals surface area contributed by atoms with Gasteiger partial charge in [0, 0.05) is 6.20 Å². The molecule has 0 radical (unpaired) electrons. The SMILES string of the molecule is Nc1c(Nc2cccnc2Cl)ncnc1OC1CCCCC1. The summed E-state index contributed by atoms with van der Waals surface area (Å²) in [5.74, 6) is 0.889. The van der Waals surface area contributed by atoms with Crippen LogP contribution in [-0.2, 0) is 0 Å². The standard InChI is InChI=1S/C15H18ClN5O/c16-13-11(7-4-8-18-13)21-14-12(17)15(20-9-19-14)22-10-5-2-1-3-6-10/h4,7-10H,1-3,5-6,17H2,(H,19,20,21). The van der Waals surface area contributed by atoms with Crippen LogP contribution in [0.3, 0.4) is 0 Å². The third-order valence-corrected chi connectivity index (χ3v) is 3.99. The Morgan fingerprint density at radius 1 is 1.18 bits per heavy atom. The van der Waals surface area contributed by atoms with Crippen molar-refractivity contribution in [2.24, 2.45) is 0 Å². The molecule has 1 aliphatic rings. The summed E-state index contributed by atoms with van der Waals surface area (Å²) in [5, 5.41) is 3.42. The van der Waals surface area contributed by atoms with Crippen molar-refractivity contribution in [3.8, 4) is 5.88 Å². The molecule has 22 heavy (non-hydrogen) atoms. The second kappa shape index (κ2) is 6.79. The van der Waals surface area contributed by atoms with E-state index in [0.29, 0.717) is 28.2 Å². The molecule has 2 aromatic rings. The molecular formula is C15H18ClN5O. The maximum absolute atomic E-state index is 6.12. The van der Waals surface area contributed by atoms with E-state index < -0.39 is 0 Å². The van der Waals surface area contributed by atoms with Crippen molar-refractivity contribution in [1.82, 2.24) is 15.0 Å². The van der Waals surface area contributed by atoms with Gasteiger partial charge < -0.3 is 15.8 Å². The van der Waals surface area contributed by atoms with E-state index in [-0.39, 0.29) is 6.10 Å². The first-order valence-electron chi connectivity index (χ1n) is 7.38. The van der Waals surface area contributed by atoms with Crippen LogP contribution in [0.1, 0.15) is 32.1 Å². The van der Waals surface area contributed by atoms with Crippen LogP contribution in [0.5, 0.6) is 5.88 Å². The molecule has 0 atom stereocenters. The quantitative estimate of drug-likeness (QED) is 0.838. The molecule has 3 N–H and O–H groups in total. The molecule has 1 saturated carbocycles. The fourth-order valence-electron chi connectivity index (χ4n) is 2.52. The molecule has 0 amide bonds. The number of rotatable bonds is 4. The predicted octanol–water partition coefficient (Wildman–Crippen LogP) is 3.56. The van der Waals surface area contributed by atoms with Gasteiger partial charge in [-0.25, -0.2) is 9.97 Å². The maximum atomic E-state index is 6.12. The van der Waals surface area contributed by atoms with E-state index in [2.05, 4.69) is 20.3 Å². The first kappa shape index (κ1) is 14.8. The van der Waals surface area contributed by atoms with Crippen LogP contribution in [-0.4, -0.2) is 21.1 Å². The van der Waals surface area contributed by atoms with Gasteiger partial charge in [-0.1, -0.05) is 18.0 Å². The third-order valence-electron chi connectivity index (χ3n) is 3.69. The monoisotopic (exact) mass is 319 g/mol. The molecule has 7 heteroatoms. The van der Waals surface area contributed by atoms with Gasteiger partial charge in [-0.2, -0.15) is 4.98 Å². The van der Waals surface area contributed by atoms with Crippen molar-refractivity contribution < 1.29 is 4.74 Å². The Balaban J connectivity index is 1.78. The number of anilines is 3. The number of nitrogens with zero attached hydrogens (tertiary/aromatic N) is 3. The van der Waals surface area contributed by atoms with Crippen molar-refractivity contribution in [3.63, 3.8) is 0 Å². The molecule has 1 aliphatic carbocycles. The van der Waals surface area contributed by atoms with Gasteiger partial charge in [-0.3, -0.25) is 0 Å². The van der Waals surface area contributed by atoms with E-state index in [1.54, 1.807) is 18.3 Å². The van der Waals surface area contributed by atoms with E-state index in [0.717, 1.165) is 12.8 Å². The zero-order chi connectivity index (χ0) is 15.4. The van der Waals surface area contributed by atoms with Crippen molar-refractivity contribution in [2.45, 2.75) is 38.2 Å². The number of ether oxygens (including phenoxy) is 1. The van der Waals surface area contributed by atoms with Crippen LogP contribution in [0.25, 0.3) is 0 Å². The highest BCUT2D eigenvalue weighted by Crippen LogP contribution is 2.31. The lowest BCUT2D eigenvalue weighted by molar-refractivity contribution is 0.149. The molecule has 0 saturated heterocycles. The lowest BCUT2D eigenvalue weighted by Crippen LogP contribution is -2.21. The highest BCUT2D eigenvalue weighted by atomic mass is 35.5. The Morgan fingerprint density at radius 2 is 2.00 bits per heavy atom. The summed E-state index contributed by atoms with van der Waals surface area (Å²) < 4.78 is 5.93. The summed E-state index contributed by atoms with van der Waals surface area (Å²) in [5.41, 5.74) is 7.14. The Kier molecular flexibility index (Phi) is 4.58. The van der Waals surface area contributed by atoms with Crippen LogP contribution in [0.4, 0.5) is 17.2 Å². The summed E-state index contributed by atoms with van der Waals surface area (Å²) in [4.78, 5) is 12.3. The summed E-state index contributed by atoms with van der Waals surface area (Å²) in [6.45, 7) is 0. The highest BCUT2D eigenvalue weighted by molar-refractivity contribution is 6.32. The van der Waals surface area contributed by atoms with Gasteiger partial charge in [-0.05, 0) is 37.8 Å². The van der Waals surface area contributed by atoms with E-state index in [9.17, 15) is 0 Å². The Hall–Kier alpha value is -2.08. The average Bonchev–Trinajstić information content (AvgIpc) is 2.54. The zero-order valence-corrected chi connectivity index (χ0v) is 12.9. The van der Waals surface area contributed by atoms with Gasteiger partial charge in [0.15, 0.2) is 11.0 Å². The van der Waals surface area contributed by atoms with Crippen molar-refractivity contribution in [3.05, 3.63) is 29.8 Å². The second-order valence-corrected chi connectivity index (χ2v) is 5.64. The van der Waals surface area contributed by atoms with E-state index in [4.69, 9.17) is 22.1 Å². The van der Waals surface area contributed by atoms with Crippen molar-refractivity contribution in [2.75, 3.05) is 11.1 Å². The number of halogens is 1. The number of pyridine rings is 1. The molecule has 3 rings (SSSR count). The smallest absolute Gasteiger partial charge is 0.242 e. The van der Waals surface area contributed by atoms with E-state index >= 15 is 0 Å². The fourth-order valence-corrected chi connectivity index (χ4v) is 2.69. The topological polar surface area (TPSA) is 86.0 Å². The Labute approximate surface area is 134 Å². The molecule has 2 heterocycles. The molecule has 6 nitrogen and oxygen atoms in total. The van der Waals surface area contributed by atoms with Gasteiger partial charge in [0.25, 0.3) is 0 Å². The molecule has 0 spiro atoms. The normalized spacial score (nSPS) is 15.5. The number of hydrogen-bond acceptors (Lipinski definition) is 6. The third kappa shape index (κ3) is 3.39. The van der Waals surface area contributed by atoms with Crippen LogP contribution in [0.2, 0.25) is 5.15 Å². The van der Waals surface area contributed by atoms with Crippen LogP contribution < -0.4 is 15.8 Å². The number of aromatic nitrogens is 3. The summed E-state index contributed by atoms with van der Waals surface area (Å²) in [6, 6.07) is 3.59. The lowest BCUT2D eigenvalue weighted by Gasteiger charge is -2.23. The van der Waals surface area contributed by atoms with Gasteiger partial charge >= 0.3 is 0 Å². The van der Waals surface area contributed by atoms with E-state index in [1.165, 1.54) is 25.6 Å². The second-order valence-electron chi connectivity index (χ2n) is 5.29. The number of nitrogens with two attached hydrogens (primary N) is 1. The molecule has 2 aromatic heterocycles. The average molecular weight is 320 g/mol. The van der Waals surface area contributed by atoms with Gasteiger partial charge in [0.2, 0.25) is 5.88 Å². The minimum Gasteiger partial charge on any atom is -0.473 e. The Morgan fingerprint density at radius 3 is 2.77 bits per heavy atom. The van der Waals surface area contributed by atoms with Gasteiger partial charge in [0.05, 0.1) is 5.69 Å². The number of nitrogens with one attached hydrogen (secondary N) is 1. The molecule has 0 bridgehead atoms. The van der Waals surface area contributed by atoms with Crippen LogP contribution in [0, 0.1) is 0 Å². The number of nitrogen functional groups attached to an aromatic ring is 1. The first-order valence-corrected chi connectivity index (χ1v) is 7.76. The molecule has 0 unspecified atom stereocenters. The van der Waals surface area contributed by atoms with Gasteiger partial charge in [-0.15, -0.1) is 0 Å². The van der Waals surface area contributed by atoms with E-state index in [1.807, 2.05) is 0 Å². The highest BCUT2D eigenvalue weighted by Gasteiger charge is 2.18. The Bertz CT molecular complexity index is 646. The van der Waals surface area contributed by atoms with Crippen molar-refractivity contribution in [1.29, 1.82) is 0 Å². The zero-order valence-electron chi connectivity index (χ0n) is 12.1. The van der Waals surface area contributed by atoms with Crippen LogP contribution in [0.15, 0.2) is 24.7 Å². The minimum atomic E-state index is 0.181. The lowest BCUT2D eigenvalue weighted by atomic mass is 9.98. The largest absolute Gasteiger partial charge is 0.473 e. The minimum absolute atomic E-state index is 0.181. The summed E-state index contributed by atoms with van der Waals surface area (Å²) in [6.07, 6.45) is 8.96. The summed E-state index contributed by atoms with van der Waals surface area (Å²) >= 11 is 6.03. The van der Waals surface area contributed by atoms with Crippen molar-refractivity contribution >= 4 is 28.8 Å². The van der Waals surface area contributed by atoms with Gasteiger partial charge in [0.1, 0.15) is 18.1 Å². The molecule has 1 fully saturated rings. The number of hydrogen-bond donors (Lipinski definition) is 2. The molecule has 116 valence electrons. The fraction of sp³-hybridized carbons (Fsp3) is 0.400.